The molecule has 334 valence electrons. The van der Waals surface area contributed by atoms with Gasteiger partial charge in [0.1, 0.15) is 34.3 Å². The topological polar surface area (TPSA) is 105 Å². The molecule has 6 aliphatic carbocycles. The normalized spacial score (nSPS) is 25.1. The van der Waals surface area contributed by atoms with Crippen LogP contribution in [0.1, 0.15) is 116 Å². The van der Waals surface area contributed by atoms with Crippen LogP contribution < -0.4 is 9.47 Å². The van der Waals surface area contributed by atoms with Crippen molar-refractivity contribution in [1.82, 2.24) is 0 Å². The van der Waals surface area contributed by atoms with Gasteiger partial charge in [-0.05, 0) is 97.9 Å². The van der Waals surface area contributed by atoms with Crippen LogP contribution in [0.3, 0.4) is 0 Å². The number of thiophene rings is 2. The molecule has 7 nitrogen and oxygen atoms in total. The monoisotopic (exact) mass is 937 g/mol. The summed E-state index contributed by atoms with van der Waals surface area (Å²) in [4.78, 5) is 34.4. The van der Waals surface area contributed by atoms with Gasteiger partial charge in [0.05, 0.1) is 22.4 Å². The Labute approximate surface area is 398 Å². The van der Waals surface area contributed by atoms with Crippen LogP contribution in [0.4, 0.5) is 13.2 Å². The highest BCUT2D eigenvalue weighted by Gasteiger charge is 2.51. The zero-order chi connectivity index (χ0) is 46.7. The van der Waals surface area contributed by atoms with E-state index in [0.29, 0.717) is 32.9 Å². The summed E-state index contributed by atoms with van der Waals surface area (Å²) < 4.78 is 57.5. The first-order chi connectivity index (χ1) is 32.9. The molecule has 2 aliphatic heterocycles. The van der Waals surface area contributed by atoms with Crippen molar-refractivity contribution in [2.75, 3.05) is 0 Å². The molecule has 12 heteroatoms. The summed E-state index contributed by atoms with van der Waals surface area (Å²) in [7, 11) is 0. The van der Waals surface area contributed by atoms with Crippen LogP contribution in [0, 0.1) is 41.1 Å². The Bertz CT molecular complexity index is 3370. The number of Topliss-reactive ketones (excluding diaryl/α,β-unsaturated/α-hetero) is 2. The van der Waals surface area contributed by atoms with Gasteiger partial charge in [0, 0.05) is 66.2 Å². The lowest BCUT2D eigenvalue weighted by Crippen LogP contribution is -2.45. The van der Waals surface area contributed by atoms with Gasteiger partial charge in [-0.1, -0.05) is 85.7 Å². The minimum Gasteiger partial charge on any atom is -0.481 e. The Hall–Kier alpha value is -7.04. The second-order valence-electron chi connectivity index (χ2n) is 18.6. The number of hydrogen-bond acceptors (Lipinski definition) is 8. The lowest BCUT2D eigenvalue weighted by Gasteiger charge is -2.48. The molecule has 2 aromatic carbocycles. The molecule has 68 heavy (non-hydrogen) atoms. The Balaban J connectivity index is 0.973. The van der Waals surface area contributed by atoms with Gasteiger partial charge < -0.3 is 9.47 Å². The molecule has 2 spiro atoms. The first-order valence-electron chi connectivity index (χ1n) is 23.0. The third-order valence-electron chi connectivity index (χ3n) is 14.9. The number of allylic oxidation sites excluding steroid dienone is 10. The Morgan fingerprint density at radius 2 is 1.10 bits per heavy atom. The third-order valence-corrected chi connectivity index (χ3v) is 17.1. The van der Waals surface area contributed by atoms with E-state index in [2.05, 4.69) is 29.1 Å². The number of rotatable bonds is 2. The molecule has 0 bridgehead atoms. The fourth-order valence-electron chi connectivity index (χ4n) is 11.9. The zero-order valence-corrected chi connectivity index (χ0v) is 38.0. The van der Waals surface area contributed by atoms with E-state index in [9.17, 15) is 33.3 Å². The number of benzene rings is 2. The average Bonchev–Trinajstić information content (AvgIpc) is 4.08. The van der Waals surface area contributed by atoms with Crippen LogP contribution in [0.15, 0.2) is 119 Å². The smallest absolute Gasteiger partial charge is 0.426 e. The first kappa shape index (κ1) is 42.3. The Morgan fingerprint density at radius 1 is 0.662 bits per heavy atom. The lowest BCUT2D eigenvalue weighted by molar-refractivity contribution is -0.0867. The molecular formula is C56H38F3N3O4S2. The number of nitrogens with zero attached hydrogens (tertiary/aromatic N) is 3. The highest BCUT2D eigenvalue weighted by molar-refractivity contribution is 7.15. The predicted molar refractivity (Wildman–Crippen MR) is 256 cm³/mol. The van der Waals surface area contributed by atoms with E-state index in [0.717, 1.165) is 107 Å². The molecule has 0 amide bonds. The number of carbonyl (C=O) groups excluding carboxylic acids is 2. The van der Waals surface area contributed by atoms with Crippen molar-refractivity contribution in [3.05, 3.63) is 172 Å². The van der Waals surface area contributed by atoms with Crippen molar-refractivity contribution in [1.29, 1.82) is 10.5 Å². The number of nitriles is 2. The highest BCUT2D eigenvalue weighted by atomic mass is 32.1. The van der Waals surface area contributed by atoms with E-state index in [-0.39, 0.29) is 40.0 Å². The van der Waals surface area contributed by atoms with Crippen LogP contribution in [-0.4, -0.2) is 28.9 Å². The number of ketones is 2. The van der Waals surface area contributed by atoms with Crippen LogP contribution >= 0.6 is 22.7 Å². The number of carbonyl (C=O) groups is 2. The van der Waals surface area contributed by atoms with E-state index < -0.39 is 34.3 Å². The van der Waals surface area contributed by atoms with Crippen molar-refractivity contribution in [3.8, 4) is 23.6 Å². The van der Waals surface area contributed by atoms with Gasteiger partial charge >= 0.3 is 6.18 Å². The molecule has 2 atom stereocenters. The molecular weight excluding hydrogens is 900 g/mol. The molecule has 4 aromatic rings. The number of ether oxygens (including phenoxy) is 2. The molecule has 0 saturated heterocycles. The van der Waals surface area contributed by atoms with Gasteiger partial charge in [-0.25, -0.2) is 10.1 Å². The maximum Gasteiger partial charge on any atom is 0.426 e. The Morgan fingerprint density at radius 3 is 1.53 bits per heavy atom. The van der Waals surface area contributed by atoms with Gasteiger partial charge in [0.15, 0.2) is 11.6 Å². The fraction of sp³-hybridized carbons (Fsp3) is 0.268. The molecule has 8 aliphatic rings. The van der Waals surface area contributed by atoms with Gasteiger partial charge in [-0.3, -0.25) is 9.59 Å². The van der Waals surface area contributed by atoms with Crippen molar-refractivity contribution in [2.45, 2.75) is 81.6 Å². The number of hydrogen-bond donors (Lipinski definition) is 0. The molecule has 2 fully saturated rings. The molecule has 0 N–H and O–H groups in total. The summed E-state index contributed by atoms with van der Waals surface area (Å²) >= 11 is 2.92. The minimum atomic E-state index is -4.96. The maximum absolute atomic E-state index is 14.4. The molecule has 2 saturated carbocycles. The average molecular weight is 938 g/mol. The van der Waals surface area contributed by atoms with E-state index >= 15 is 0 Å². The molecule has 0 radical (unpaired) electrons. The fourth-order valence-corrected chi connectivity index (χ4v) is 14.1. The summed E-state index contributed by atoms with van der Waals surface area (Å²) in [5.41, 5.74) is 3.13. The van der Waals surface area contributed by atoms with Crippen molar-refractivity contribution < 1.29 is 32.2 Å². The number of fused-ring (bicyclic) bond motifs is 11. The van der Waals surface area contributed by atoms with Crippen LogP contribution in [-0.2, 0) is 0 Å². The van der Waals surface area contributed by atoms with Gasteiger partial charge in [0.25, 0.3) is 5.70 Å². The van der Waals surface area contributed by atoms with Crippen molar-refractivity contribution in [3.63, 3.8) is 0 Å². The van der Waals surface area contributed by atoms with Crippen LogP contribution in [0.25, 0.3) is 39.3 Å². The summed E-state index contributed by atoms with van der Waals surface area (Å²) in [6.45, 7) is 7.77. The Kier molecular flexibility index (Phi) is 9.65. The zero-order valence-electron chi connectivity index (χ0n) is 36.4. The minimum absolute atomic E-state index is 0.0279. The van der Waals surface area contributed by atoms with Crippen molar-refractivity contribution >= 4 is 68.7 Å². The van der Waals surface area contributed by atoms with Crippen molar-refractivity contribution in [2.24, 2.45) is 11.8 Å². The maximum atomic E-state index is 14.4. The van der Waals surface area contributed by atoms with Gasteiger partial charge in [-0.2, -0.15) is 18.4 Å². The van der Waals surface area contributed by atoms with Crippen LogP contribution in [0.5, 0.6) is 11.5 Å². The van der Waals surface area contributed by atoms with E-state index in [1.807, 2.05) is 18.2 Å². The molecule has 2 unspecified atom stereocenters. The summed E-state index contributed by atoms with van der Waals surface area (Å²) in [5, 5.41) is 19.8. The van der Waals surface area contributed by atoms with E-state index in [1.54, 1.807) is 42.5 Å². The second kappa shape index (κ2) is 15.5. The standard InChI is InChI=1S/C56H38F3N3O4S2/c1-62-45(29-61)49-35-13-5-7-15-37(35)51(64)41(49)25-33-27-47-53(68-33)39-21-31-22-42-38(20-30(31)23-43(39)55(66-47)18-10-3-11-19-55)52-46(65-54(42)16-8-2-9-17-54)26-32(67-52)24-40-48(44(28-60)56(57,58)59)34-12-4-6-14-36(34)50(40)63/h4-7,12-15,20-27,30-31H,2-3,8-11,16-19H2/b40-24-,41-25-,48-44+,49-45?. The summed E-state index contributed by atoms with van der Waals surface area (Å²) in [5.74, 6) is 0.552. The molecule has 12 rings (SSSR count). The largest absolute Gasteiger partial charge is 0.481 e. The number of halogens is 3. The predicted octanol–water partition coefficient (Wildman–Crippen LogP) is 14.1. The first-order valence-corrected chi connectivity index (χ1v) is 24.6. The number of alkyl halides is 3. The van der Waals surface area contributed by atoms with E-state index in [4.69, 9.17) is 16.0 Å². The molecule has 4 heterocycles. The van der Waals surface area contributed by atoms with Gasteiger partial charge in [-0.15, -0.1) is 22.7 Å². The SMILES string of the molecule is [C-]#[N+]C(C#N)=C1/C(=C/c2cc3c(s2)C2=CC4C=C5C(=CC4C=C2C2(CCCCC2)O3)c2sc(/C=C3\C(=O)c4ccccc4\C3=C(\C#N)C(F)(F)F)cc2OC52CCCCC2)C(=O)c2ccccc21. The second-order valence-corrected chi connectivity index (χ2v) is 20.8. The quantitative estimate of drug-likeness (QED) is 0.113. The summed E-state index contributed by atoms with van der Waals surface area (Å²) in [6.07, 6.45) is 17.3. The summed E-state index contributed by atoms with van der Waals surface area (Å²) in [6, 6.07) is 20.5. The highest BCUT2D eigenvalue weighted by Crippen LogP contribution is 2.60. The van der Waals surface area contributed by atoms with Gasteiger partial charge in [0.2, 0.25) is 0 Å². The third kappa shape index (κ3) is 6.33. The lowest BCUT2D eigenvalue weighted by atomic mass is 9.65. The van der Waals surface area contributed by atoms with E-state index in [1.165, 1.54) is 47.0 Å². The molecule has 2 aromatic heterocycles. The van der Waals surface area contributed by atoms with Crippen LogP contribution in [0.2, 0.25) is 0 Å².